The molecular formula is C14H20O4. The number of fused-ring (bicyclic) bond motifs is 1. The molecule has 0 saturated heterocycles. The minimum Gasteiger partial charge on any atom is -0.486 e. The Labute approximate surface area is 107 Å². The van der Waals surface area contributed by atoms with E-state index in [9.17, 15) is 5.11 Å². The fraction of sp³-hybridized carbons (Fsp3) is 0.571. The Balaban J connectivity index is 2.22. The van der Waals surface area contributed by atoms with Crippen LogP contribution >= 0.6 is 0 Å². The summed E-state index contributed by atoms with van der Waals surface area (Å²) in [6, 6.07) is 5.51. The van der Waals surface area contributed by atoms with Crippen LogP contribution in [-0.2, 0) is 4.74 Å². The fourth-order valence-corrected chi connectivity index (χ4v) is 2.20. The molecule has 1 aromatic carbocycles. The summed E-state index contributed by atoms with van der Waals surface area (Å²) in [5, 5.41) is 10.3. The second kappa shape index (κ2) is 5.59. The van der Waals surface area contributed by atoms with E-state index in [-0.39, 0.29) is 12.0 Å². The number of methoxy groups -OCH3 is 1. The zero-order chi connectivity index (χ0) is 13.1. The van der Waals surface area contributed by atoms with Crippen LogP contribution in [0.1, 0.15) is 25.5 Å². The van der Waals surface area contributed by atoms with Crippen molar-refractivity contribution in [1.29, 1.82) is 0 Å². The molecule has 100 valence electrons. The van der Waals surface area contributed by atoms with Crippen molar-refractivity contribution in [2.45, 2.75) is 26.1 Å². The van der Waals surface area contributed by atoms with E-state index >= 15 is 0 Å². The van der Waals surface area contributed by atoms with E-state index in [0.717, 1.165) is 11.3 Å². The van der Waals surface area contributed by atoms with Crippen LogP contribution < -0.4 is 9.47 Å². The lowest BCUT2D eigenvalue weighted by Gasteiger charge is -2.26. The highest BCUT2D eigenvalue weighted by atomic mass is 16.6. The second-order valence-corrected chi connectivity index (χ2v) is 4.79. The van der Waals surface area contributed by atoms with Gasteiger partial charge in [-0.25, -0.2) is 0 Å². The molecule has 1 heterocycles. The van der Waals surface area contributed by atoms with Crippen LogP contribution in [0.2, 0.25) is 0 Å². The predicted molar refractivity (Wildman–Crippen MR) is 68.0 cm³/mol. The highest BCUT2D eigenvalue weighted by Crippen LogP contribution is 2.34. The monoisotopic (exact) mass is 252 g/mol. The molecule has 1 aliphatic heterocycles. The SMILES string of the molecule is COC(C(C)C)C(O)c1ccc2c(c1)OCCO2. The molecule has 0 spiro atoms. The van der Waals surface area contributed by atoms with Crippen LogP contribution in [0.15, 0.2) is 18.2 Å². The highest BCUT2D eigenvalue weighted by molar-refractivity contribution is 5.44. The first-order valence-electron chi connectivity index (χ1n) is 6.24. The van der Waals surface area contributed by atoms with E-state index in [4.69, 9.17) is 14.2 Å². The molecule has 0 aliphatic carbocycles. The number of benzene rings is 1. The van der Waals surface area contributed by atoms with Crippen LogP contribution in [0.4, 0.5) is 0 Å². The fourth-order valence-electron chi connectivity index (χ4n) is 2.20. The van der Waals surface area contributed by atoms with Gasteiger partial charge in [0, 0.05) is 7.11 Å². The minimum absolute atomic E-state index is 0.229. The van der Waals surface area contributed by atoms with E-state index in [1.54, 1.807) is 7.11 Å². The van der Waals surface area contributed by atoms with E-state index in [1.807, 2.05) is 32.0 Å². The lowest BCUT2D eigenvalue weighted by molar-refractivity contribution is -0.0392. The summed E-state index contributed by atoms with van der Waals surface area (Å²) in [7, 11) is 1.62. The van der Waals surface area contributed by atoms with Crippen molar-refractivity contribution in [3.05, 3.63) is 23.8 Å². The molecule has 0 amide bonds. The van der Waals surface area contributed by atoms with Gasteiger partial charge in [-0.1, -0.05) is 19.9 Å². The van der Waals surface area contributed by atoms with E-state index in [1.165, 1.54) is 0 Å². The van der Waals surface area contributed by atoms with Gasteiger partial charge in [-0.15, -0.1) is 0 Å². The van der Waals surface area contributed by atoms with Crippen molar-refractivity contribution in [3.63, 3.8) is 0 Å². The molecule has 0 fully saturated rings. The highest BCUT2D eigenvalue weighted by Gasteiger charge is 2.25. The van der Waals surface area contributed by atoms with Crippen LogP contribution in [0.25, 0.3) is 0 Å². The molecule has 0 bridgehead atoms. The normalized spacial score (nSPS) is 17.6. The third kappa shape index (κ3) is 2.60. The molecule has 0 radical (unpaired) electrons. The van der Waals surface area contributed by atoms with Crippen molar-refractivity contribution in [3.8, 4) is 11.5 Å². The molecule has 1 N–H and O–H groups in total. The summed E-state index contributed by atoms with van der Waals surface area (Å²) in [5.74, 6) is 1.66. The van der Waals surface area contributed by atoms with Gasteiger partial charge in [-0.2, -0.15) is 0 Å². The van der Waals surface area contributed by atoms with Gasteiger partial charge in [-0.05, 0) is 23.6 Å². The predicted octanol–water partition coefficient (Wildman–Crippen LogP) is 2.16. The molecule has 4 heteroatoms. The van der Waals surface area contributed by atoms with Crippen molar-refractivity contribution >= 4 is 0 Å². The Hall–Kier alpha value is -1.26. The maximum atomic E-state index is 10.3. The average molecular weight is 252 g/mol. The molecule has 2 rings (SSSR count). The van der Waals surface area contributed by atoms with Crippen molar-refractivity contribution in [1.82, 2.24) is 0 Å². The first-order valence-corrected chi connectivity index (χ1v) is 6.24. The van der Waals surface area contributed by atoms with E-state index in [2.05, 4.69) is 0 Å². The molecule has 18 heavy (non-hydrogen) atoms. The zero-order valence-corrected chi connectivity index (χ0v) is 11.1. The maximum Gasteiger partial charge on any atom is 0.161 e. The first-order chi connectivity index (χ1) is 8.63. The molecule has 1 aromatic rings. The number of aliphatic hydroxyl groups excluding tert-OH is 1. The molecule has 2 unspecified atom stereocenters. The van der Waals surface area contributed by atoms with Crippen LogP contribution in [0.3, 0.4) is 0 Å². The zero-order valence-electron chi connectivity index (χ0n) is 11.1. The number of hydrogen-bond donors (Lipinski definition) is 1. The summed E-state index contributed by atoms with van der Waals surface area (Å²) in [5.41, 5.74) is 0.791. The number of ether oxygens (including phenoxy) is 3. The molecule has 4 nitrogen and oxygen atoms in total. The Bertz CT molecular complexity index is 403. The van der Waals surface area contributed by atoms with Gasteiger partial charge in [-0.3, -0.25) is 0 Å². The van der Waals surface area contributed by atoms with Gasteiger partial charge in [0.05, 0.1) is 6.10 Å². The van der Waals surface area contributed by atoms with E-state index < -0.39 is 6.10 Å². The van der Waals surface area contributed by atoms with Crippen molar-refractivity contribution in [2.75, 3.05) is 20.3 Å². The van der Waals surface area contributed by atoms with Gasteiger partial charge in [0.15, 0.2) is 11.5 Å². The van der Waals surface area contributed by atoms with Crippen molar-refractivity contribution in [2.24, 2.45) is 5.92 Å². The van der Waals surface area contributed by atoms with Gasteiger partial charge < -0.3 is 19.3 Å². The van der Waals surface area contributed by atoms with Gasteiger partial charge in [0.25, 0.3) is 0 Å². The molecule has 0 saturated carbocycles. The van der Waals surface area contributed by atoms with E-state index in [0.29, 0.717) is 19.0 Å². The number of hydrogen-bond acceptors (Lipinski definition) is 4. The van der Waals surface area contributed by atoms with Gasteiger partial charge >= 0.3 is 0 Å². The first kappa shape index (κ1) is 13.2. The third-order valence-corrected chi connectivity index (χ3v) is 3.15. The maximum absolute atomic E-state index is 10.3. The summed E-state index contributed by atoms with van der Waals surface area (Å²) >= 11 is 0. The Morgan fingerprint density at radius 3 is 2.44 bits per heavy atom. The Kier molecular flexibility index (Phi) is 4.09. The molecule has 2 atom stereocenters. The number of aliphatic hydroxyl groups is 1. The van der Waals surface area contributed by atoms with Crippen LogP contribution in [0.5, 0.6) is 11.5 Å². The molecule has 0 aromatic heterocycles. The lowest BCUT2D eigenvalue weighted by Crippen LogP contribution is -2.26. The summed E-state index contributed by atoms with van der Waals surface area (Å²) in [6.07, 6.45) is -0.890. The third-order valence-electron chi connectivity index (χ3n) is 3.15. The minimum atomic E-state index is -0.661. The van der Waals surface area contributed by atoms with Crippen LogP contribution in [0, 0.1) is 5.92 Å². The standard InChI is InChI=1S/C14H20O4/c1-9(2)14(16-3)13(15)10-4-5-11-12(8-10)18-7-6-17-11/h4-5,8-9,13-15H,6-7H2,1-3H3. The van der Waals surface area contributed by atoms with Gasteiger partial charge in [0.1, 0.15) is 19.3 Å². The molecular weight excluding hydrogens is 232 g/mol. The summed E-state index contributed by atoms with van der Waals surface area (Å²) in [6.45, 7) is 5.16. The number of rotatable bonds is 4. The quantitative estimate of drug-likeness (QED) is 0.892. The average Bonchev–Trinajstić information content (AvgIpc) is 2.38. The Morgan fingerprint density at radius 1 is 1.17 bits per heavy atom. The van der Waals surface area contributed by atoms with Crippen LogP contribution in [-0.4, -0.2) is 31.5 Å². The van der Waals surface area contributed by atoms with Gasteiger partial charge in [0.2, 0.25) is 0 Å². The lowest BCUT2D eigenvalue weighted by atomic mass is 9.95. The summed E-state index contributed by atoms with van der Waals surface area (Å²) in [4.78, 5) is 0. The smallest absolute Gasteiger partial charge is 0.161 e. The summed E-state index contributed by atoms with van der Waals surface area (Å²) < 4.78 is 16.3. The topological polar surface area (TPSA) is 47.9 Å². The Morgan fingerprint density at radius 2 is 1.83 bits per heavy atom. The molecule has 1 aliphatic rings. The second-order valence-electron chi connectivity index (χ2n) is 4.79. The van der Waals surface area contributed by atoms with Crippen molar-refractivity contribution < 1.29 is 19.3 Å². The largest absolute Gasteiger partial charge is 0.486 e.